The Morgan fingerprint density at radius 3 is 2.94 bits per heavy atom. The van der Waals surface area contributed by atoms with E-state index in [0.29, 0.717) is 0 Å². The number of allylic oxidation sites excluding steroid dienone is 5. The fourth-order valence-electron chi connectivity index (χ4n) is 1.76. The fourth-order valence-corrected chi connectivity index (χ4v) is 1.76. The zero-order chi connectivity index (χ0) is 11.4. The van der Waals surface area contributed by atoms with Gasteiger partial charge in [0.05, 0.1) is 0 Å². The predicted octanol–water partition coefficient (Wildman–Crippen LogP) is 2.96. The third-order valence-corrected chi connectivity index (χ3v) is 2.65. The minimum atomic E-state index is -0.759. The second-order valence-corrected chi connectivity index (χ2v) is 4.12. The molecule has 0 amide bonds. The SMILES string of the molecule is CC1(N=O)C=CC=CC(C2=CCCN=C2)=C1. The van der Waals surface area contributed by atoms with E-state index in [4.69, 9.17) is 0 Å². The third kappa shape index (κ3) is 2.24. The van der Waals surface area contributed by atoms with E-state index in [-0.39, 0.29) is 0 Å². The van der Waals surface area contributed by atoms with E-state index in [1.54, 1.807) is 13.0 Å². The Kier molecular flexibility index (Phi) is 2.95. The first kappa shape index (κ1) is 10.7. The average Bonchev–Trinajstić information content (AvgIpc) is 2.53. The molecular formula is C13H14N2O. The summed E-state index contributed by atoms with van der Waals surface area (Å²) in [6.07, 6.45) is 14.4. The quantitative estimate of drug-likeness (QED) is 0.651. The summed E-state index contributed by atoms with van der Waals surface area (Å²) >= 11 is 0. The van der Waals surface area contributed by atoms with E-state index in [9.17, 15) is 4.91 Å². The van der Waals surface area contributed by atoms with Gasteiger partial charge < -0.3 is 0 Å². The Labute approximate surface area is 94.9 Å². The molecule has 1 heterocycles. The van der Waals surface area contributed by atoms with Gasteiger partial charge in [-0.25, -0.2) is 0 Å². The Bertz CT molecular complexity index is 441. The van der Waals surface area contributed by atoms with Crippen molar-refractivity contribution in [2.45, 2.75) is 18.9 Å². The molecule has 0 fully saturated rings. The molecule has 1 aliphatic heterocycles. The molecule has 0 saturated heterocycles. The lowest BCUT2D eigenvalue weighted by Crippen LogP contribution is -2.14. The number of nitrogens with zero attached hydrogens (tertiary/aromatic N) is 2. The Balaban J connectivity index is 2.36. The highest BCUT2D eigenvalue weighted by molar-refractivity contribution is 5.87. The molecule has 3 nitrogen and oxygen atoms in total. The second kappa shape index (κ2) is 4.39. The zero-order valence-corrected chi connectivity index (χ0v) is 9.26. The van der Waals surface area contributed by atoms with Crippen LogP contribution in [-0.2, 0) is 0 Å². The first-order valence-corrected chi connectivity index (χ1v) is 5.37. The van der Waals surface area contributed by atoms with Crippen molar-refractivity contribution in [1.29, 1.82) is 0 Å². The van der Waals surface area contributed by atoms with Gasteiger partial charge in [0, 0.05) is 12.8 Å². The smallest absolute Gasteiger partial charge is 0.137 e. The molecule has 0 aromatic carbocycles. The first-order valence-electron chi connectivity index (χ1n) is 5.37. The predicted molar refractivity (Wildman–Crippen MR) is 66.6 cm³/mol. The topological polar surface area (TPSA) is 41.8 Å². The standard InChI is InChI=1S/C13H14N2O/c1-13(15-16)7-3-2-5-11(9-13)12-6-4-8-14-10-12/h2-3,5-7,9-10H,4,8H2,1H3. The van der Waals surface area contributed by atoms with Gasteiger partial charge in [-0.3, -0.25) is 4.99 Å². The molecule has 0 bridgehead atoms. The summed E-state index contributed by atoms with van der Waals surface area (Å²) < 4.78 is 0. The van der Waals surface area contributed by atoms with E-state index >= 15 is 0 Å². The molecule has 0 N–H and O–H groups in total. The lowest BCUT2D eigenvalue weighted by molar-refractivity contribution is 0.728. The van der Waals surface area contributed by atoms with Crippen LogP contribution in [0.1, 0.15) is 13.3 Å². The highest BCUT2D eigenvalue weighted by Gasteiger charge is 2.20. The molecule has 0 aromatic heterocycles. The Morgan fingerprint density at radius 2 is 2.25 bits per heavy atom. The summed E-state index contributed by atoms with van der Waals surface area (Å²) in [4.78, 5) is 15.1. The van der Waals surface area contributed by atoms with Gasteiger partial charge in [-0.1, -0.05) is 29.5 Å². The average molecular weight is 214 g/mol. The fraction of sp³-hybridized carbons (Fsp3) is 0.308. The normalized spacial score (nSPS) is 28.3. The van der Waals surface area contributed by atoms with Crippen LogP contribution >= 0.6 is 0 Å². The zero-order valence-electron chi connectivity index (χ0n) is 9.26. The largest absolute Gasteiger partial charge is 0.292 e. The summed E-state index contributed by atoms with van der Waals surface area (Å²) in [6.45, 7) is 2.64. The Hall–Kier alpha value is -1.77. The van der Waals surface area contributed by atoms with Crippen molar-refractivity contribution >= 4 is 6.21 Å². The van der Waals surface area contributed by atoms with E-state index in [2.05, 4.69) is 16.2 Å². The maximum Gasteiger partial charge on any atom is 0.137 e. The van der Waals surface area contributed by atoms with E-state index in [0.717, 1.165) is 24.1 Å². The molecule has 3 heteroatoms. The number of hydrogen-bond acceptors (Lipinski definition) is 3. The van der Waals surface area contributed by atoms with Crippen LogP contribution in [0.5, 0.6) is 0 Å². The highest BCUT2D eigenvalue weighted by atomic mass is 16.3. The van der Waals surface area contributed by atoms with Crippen molar-refractivity contribution in [1.82, 2.24) is 0 Å². The van der Waals surface area contributed by atoms with Gasteiger partial charge in [0.1, 0.15) is 5.54 Å². The van der Waals surface area contributed by atoms with Gasteiger partial charge in [0.2, 0.25) is 0 Å². The summed E-state index contributed by atoms with van der Waals surface area (Å²) in [5, 5.41) is 3.16. The van der Waals surface area contributed by atoms with Crippen molar-refractivity contribution in [3.05, 3.63) is 52.5 Å². The molecule has 1 aliphatic carbocycles. The summed E-state index contributed by atoms with van der Waals surface area (Å²) in [7, 11) is 0. The van der Waals surface area contributed by atoms with Crippen LogP contribution in [0.3, 0.4) is 0 Å². The molecule has 0 spiro atoms. The molecule has 0 saturated carbocycles. The third-order valence-electron chi connectivity index (χ3n) is 2.65. The second-order valence-electron chi connectivity index (χ2n) is 4.12. The van der Waals surface area contributed by atoms with Crippen LogP contribution in [0, 0.1) is 4.91 Å². The monoisotopic (exact) mass is 214 g/mol. The van der Waals surface area contributed by atoms with Gasteiger partial charge in [-0.15, -0.1) is 4.91 Å². The molecule has 2 rings (SSSR count). The number of dihydropyridines is 1. The van der Waals surface area contributed by atoms with Crippen LogP contribution in [0.25, 0.3) is 0 Å². The van der Waals surface area contributed by atoms with Crippen molar-refractivity contribution in [3.8, 4) is 0 Å². The number of aliphatic imine (C=N–C) groups is 1. The number of hydrogen-bond donors (Lipinski definition) is 0. The maximum atomic E-state index is 10.8. The molecule has 1 atom stereocenters. The van der Waals surface area contributed by atoms with E-state index in [1.165, 1.54) is 0 Å². The van der Waals surface area contributed by atoms with Crippen molar-refractivity contribution in [2.75, 3.05) is 6.54 Å². The van der Waals surface area contributed by atoms with Gasteiger partial charge in [0.15, 0.2) is 0 Å². The molecule has 0 aromatic rings. The molecule has 82 valence electrons. The minimum absolute atomic E-state index is 0.759. The van der Waals surface area contributed by atoms with Gasteiger partial charge in [-0.05, 0) is 36.6 Å². The van der Waals surface area contributed by atoms with Gasteiger partial charge in [-0.2, -0.15) is 0 Å². The number of nitroso groups, excluding NO2 is 1. The molecule has 16 heavy (non-hydrogen) atoms. The van der Waals surface area contributed by atoms with Crippen LogP contribution in [0.15, 0.2) is 57.8 Å². The van der Waals surface area contributed by atoms with Crippen LogP contribution in [0.4, 0.5) is 0 Å². The van der Waals surface area contributed by atoms with Gasteiger partial charge in [0.25, 0.3) is 0 Å². The molecule has 0 radical (unpaired) electrons. The first-order chi connectivity index (χ1) is 7.73. The number of rotatable bonds is 2. The van der Waals surface area contributed by atoms with Crippen LogP contribution < -0.4 is 0 Å². The summed E-state index contributed by atoms with van der Waals surface area (Å²) in [5.74, 6) is 0. The lowest BCUT2D eigenvalue weighted by Gasteiger charge is -2.13. The summed E-state index contributed by atoms with van der Waals surface area (Å²) in [5.41, 5.74) is 1.32. The van der Waals surface area contributed by atoms with Crippen molar-refractivity contribution in [2.24, 2.45) is 10.2 Å². The molecular weight excluding hydrogens is 200 g/mol. The van der Waals surface area contributed by atoms with E-state index < -0.39 is 5.54 Å². The minimum Gasteiger partial charge on any atom is -0.292 e. The highest BCUT2D eigenvalue weighted by Crippen LogP contribution is 2.24. The van der Waals surface area contributed by atoms with Crippen molar-refractivity contribution < 1.29 is 0 Å². The van der Waals surface area contributed by atoms with Crippen LogP contribution in [-0.4, -0.2) is 18.3 Å². The lowest BCUT2D eigenvalue weighted by atomic mass is 9.96. The maximum absolute atomic E-state index is 10.8. The molecule has 2 aliphatic rings. The van der Waals surface area contributed by atoms with Crippen LogP contribution in [0.2, 0.25) is 0 Å². The van der Waals surface area contributed by atoms with Gasteiger partial charge >= 0.3 is 0 Å². The molecule has 1 unspecified atom stereocenters. The van der Waals surface area contributed by atoms with Crippen molar-refractivity contribution in [3.63, 3.8) is 0 Å². The summed E-state index contributed by atoms with van der Waals surface area (Å²) in [6, 6.07) is 0. The van der Waals surface area contributed by atoms with E-state index in [1.807, 2.05) is 30.5 Å². The Morgan fingerprint density at radius 1 is 1.38 bits per heavy atom.